The van der Waals surface area contributed by atoms with Crippen molar-refractivity contribution in [1.82, 2.24) is 19.8 Å². The molecule has 1 fully saturated rings. The Kier molecular flexibility index (Phi) is 5.45. The highest BCUT2D eigenvalue weighted by molar-refractivity contribution is 7.98. The molecule has 2 atom stereocenters. The first-order valence-corrected chi connectivity index (χ1v) is 9.56. The van der Waals surface area contributed by atoms with Crippen LogP contribution in [0.2, 0.25) is 0 Å². The first kappa shape index (κ1) is 16.9. The Morgan fingerprint density at radius 1 is 1.42 bits per heavy atom. The van der Waals surface area contributed by atoms with Gasteiger partial charge in [0.2, 0.25) is 0 Å². The van der Waals surface area contributed by atoms with Crippen molar-refractivity contribution in [3.63, 3.8) is 0 Å². The van der Waals surface area contributed by atoms with E-state index < -0.39 is 0 Å². The number of amides is 2. The van der Waals surface area contributed by atoms with E-state index >= 15 is 0 Å². The van der Waals surface area contributed by atoms with Crippen molar-refractivity contribution in [2.75, 3.05) is 12.8 Å². The Morgan fingerprint density at radius 3 is 2.88 bits per heavy atom. The van der Waals surface area contributed by atoms with Crippen molar-refractivity contribution >= 4 is 17.8 Å². The molecule has 2 aromatic rings. The molecule has 0 aliphatic carbocycles. The number of urea groups is 1. The van der Waals surface area contributed by atoms with E-state index in [9.17, 15) is 4.79 Å². The van der Waals surface area contributed by atoms with E-state index in [0.29, 0.717) is 0 Å². The van der Waals surface area contributed by atoms with E-state index in [1.807, 2.05) is 28.9 Å². The zero-order valence-electron chi connectivity index (χ0n) is 14.2. The van der Waals surface area contributed by atoms with E-state index in [4.69, 9.17) is 0 Å². The predicted molar refractivity (Wildman–Crippen MR) is 97.1 cm³/mol. The summed E-state index contributed by atoms with van der Waals surface area (Å²) in [5.41, 5.74) is 1.13. The van der Waals surface area contributed by atoms with E-state index in [1.165, 1.54) is 4.90 Å². The Morgan fingerprint density at radius 2 is 2.21 bits per heavy atom. The molecule has 24 heavy (non-hydrogen) atoms. The summed E-state index contributed by atoms with van der Waals surface area (Å²) in [5.74, 6) is 0. The molecular formula is C18H24N4OS. The van der Waals surface area contributed by atoms with Crippen LogP contribution in [0.4, 0.5) is 4.79 Å². The molecule has 0 unspecified atom stereocenters. The molecule has 1 aliphatic rings. The lowest BCUT2D eigenvalue weighted by molar-refractivity contribution is 0.184. The van der Waals surface area contributed by atoms with E-state index in [2.05, 4.69) is 40.8 Å². The summed E-state index contributed by atoms with van der Waals surface area (Å²) in [7, 11) is 0. The van der Waals surface area contributed by atoms with Gasteiger partial charge in [0, 0.05) is 30.4 Å². The quantitative estimate of drug-likeness (QED) is 0.844. The molecule has 3 rings (SSSR count). The monoisotopic (exact) mass is 344 g/mol. The second-order valence-electron chi connectivity index (χ2n) is 6.19. The largest absolute Gasteiger partial charge is 0.335 e. The first-order chi connectivity index (χ1) is 11.7. The standard InChI is InChI=1S/C18H24N4OS/c1-14(15-5-7-17(24-2)8-6-15)20-18(23)22-10-3-4-16(22)12-21-11-9-19-13-21/h5-9,11,13-14,16H,3-4,10,12H2,1-2H3,(H,20,23)/t14-,16+/m1/s1. The van der Waals surface area contributed by atoms with E-state index in [-0.39, 0.29) is 18.1 Å². The highest BCUT2D eigenvalue weighted by atomic mass is 32.2. The third-order valence-electron chi connectivity index (χ3n) is 4.57. The topological polar surface area (TPSA) is 50.2 Å². The van der Waals surface area contributed by atoms with Crippen LogP contribution in [0.15, 0.2) is 47.9 Å². The Bertz CT molecular complexity index is 656. The van der Waals surface area contributed by atoms with Crippen LogP contribution in [0.25, 0.3) is 0 Å². The molecule has 0 radical (unpaired) electrons. The van der Waals surface area contributed by atoms with Crippen LogP contribution in [0, 0.1) is 0 Å². The Labute approximate surface area is 147 Å². The number of carbonyl (C=O) groups is 1. The van der Waals surface area contributed by atoms with Gasteiger partial charge in [0.05, 0.1) is 18.4 Å². The van der Waals surface area contributed by atoms with Gasteiger partial charge in [-0.1, -0.05) is 12.1 Å². The summed E-state index contributed by atoms with van der Waals surface area (Å²) in [5, 5.41) is 3.14. The van der Waals surface area contributed by atoms with E-state index in [1.54, 1.807) is 18.0 Å². The van der Waals surface area contributed by atoms with Crippen LogP contribution >= 0.6 is 11.8 Å². The molecule has 2 heterocycles. The number of nitrogens with zero attached hydrogens (tertiary/aromatic N) is 3. The molecule has 1 N–H and O–H groups in total. The lowest BCUT2D eigenvalue weighted by Crippen LogP contribution is -2.45. The number of carbonyl (C=O) groups excluding carboxylic acids is 1. The second-order valence-corrected chi connectivity index (χ2v) is 7.07. The fourth-order valence-electron chi connectivity index (χ4n) is 3.18. The maximum Gasteiger partial charge on any atom is 0.318 e. The van der Waals surface area contributed by atoms with Gasteiger partial charge in [0.1, 0.15) is 0 Å². The normalized spacial score (nSPS) is 18.6. The average Bonchev–Trinajstić information content (AvgIpc) is 3.27. The number of thioether (sulfide) groups is 1. The fraction of sp³-hybridized carbons (Fsp3) is 0.444. The van der Waals surface area contributed by atoms with Crippen molar-refractivity contribution in [3.8, 4) is 0 Å². The van der Waals surface area contributed by atoms with Gasteiger partial charge in [-0.05, 0) is 43.7 Å². The molecule has 2 amide bonds. The lowest BCUT2D eigenvalue weighted by atomic mass is 10.1. The number of hydrogen-bond acceptors (Lipinski definition) is 3. The second kappa shape index (κ2) is 7.75. The zero-order chi connectivity index (χ0) is 16.9. The van der Waals surface area contributed by atoms with Crippen molar-refractivity contribution in [1.29, 1.82) is 0 Å². The summed E-state index contributed by atoms with van der Waals surface area (Å²) in [6, 6.07) is 8.64. The van der Waals surface area contributed by atoms with Crippen LogP contribution in [0.1, 0.15) is 31.4 Å². The molecule has 0 saturated carbocycles. The average molecular weight is 344 g/mol. The minimum absolute atomic E-state index is 0.00269. The first-order valence-electron chi connectivity index (χ1n) is 8.34. The van der Waals surface area contributed by atoms with Gasteiger partial charge >= 0.3 is 6.03 Å². The summed E-state index contributed by atoms with van der Waals surface area (Å²) in [4.78, 5) is 20.0. The van der Waals surface area contributed by atoms with Gasteiger partial charge in [-0.25, -0.2) is 9.78 Å². The van der Waals surface area contributed by atoms with Crippen molar-refractivity contribution in [3.05, 3.63) is 48.5 Å². The molecule has 1 aliphatic heterocycles. The van der Waals surface area contributed by atoms with Crippen LogP contribution in [-0.2, 0) is 6.54 Å². The molecule has 128 valence electrons. The number of hydrogen-bond donors (Lipinski definition) is 1. The van der Waals surface area contributed by atoms with Crippen LogP contribution in [0.3, 0.4) is 0 Å². The van der Waals surface area contributed by atoms with Crippen molar-refractivity contribution < 1.29 is 4.79 Å². The van der Waals surface area contributed by atoms with Crippen molar-refractivity contribution in [2.24, 2.45) is 0 Å². The number of likely N-dealkylation sites (tertiary alicyclic amines) is 1. The Hall–Kier alpha value is -1.95. The van der Waals surface area contributed by atoms with Gasteiger partial charge in [-0.2, -0.15) is 0 Å². The summed E-state index contributed by atoms with van der Waals surface area (Å²) in [6.45, 7) is 3.67. The molecule has 0 bridgehead atoms. The number of nitrogens with one attached hydrogen (secondary N) is 1. The molecule has 1 aromatic heterocycles. The lowest BCUT2D eigenvalue weighted by Gasteiger charge is -2.27. The number of rotatable bonds is 5. The highest BCUT2D eigenvalue weighted by Crippen LogP contribution is 2.22. The van der Waals surface area contributed by atoms with Crippen LogP contribution in [-0.4, -0.2) is 39.3 Å². The summed E-state index contributed by atoms with van der Waals surface area (Å²) < 4.78 is 2.04. The maximum atomic E-state index is 12.7. The highest BCUT2D eigenvalue weighted by Gasteiger charge is 2.29. The smallest absolute Gasteiger partial charge is 0.318 e. The van der Waals surface area contributed by atoms with Crippen LogP contribution in [0.5, 0.6) is 0 Å². The van der Waals surface area contributed by atoms with Crippen LogP contribution < -0.4 is 5.32 Å². The molecule has 1 saturated heterocycles. The van der Waals surface area contributed by atoms with E-state index in [0.717, 1.165) is 31.5 Å². The van der Waals surface area contributed by atoms with Gasteiger partial charge in [0.25, 0.3) is 0 Å². The predicted octanol–water partition coefficient (Wildman–Crippen LogP) is 3.54. The van der Waals surface area contributed by atoms with Gasteiger partial charge < -0.3 is 14.8 Å². The van der Waals surface area contributed by atoms with Gasteiger partial charge in [0.15, 0.2) is 0 Å². The third-order valence-corrected chi connectivity index (χ3v) is 5.32. The van der Waals surface area contributed by atoms with Crippen molar-refractivity contribution in [2.45, 2.75) is 43.3 Å². The van der Waals surface area contributed by atoms with Gasteiger partial charge in [-0.15, -0.1) is 11.8 Å². The minimum Gasteiger partial charge on any atom is -0.335 e. The molecular weight excluding hydrogens is 320 g/mol. The summed E-state index contributed by atoms with van der Waals surface area (Å²) in [6.07, 6.45) is 9.70. The number of benzene rings is 1. The Balaban J connectivity index is 1.60. The summed E-state index contributed by atoms with van der Waals surface area (Å²) >= 11 is 1.72. The zero-order valence-corrected chi connectivity index (χ0v) is 15.0. The fourth-order valence-corrected chi connectivity index (χ4v) is 3.58. The molecule has 0 spiro atoms. The number of imidazole rings is 1. The SMILES string of the molecule is CSc1ccc([C@@H](C)NC(=O)N2CCC[C@H]2Cn2ccnc2)cc1. The third kappa shape index (κ3) is 3.93. The minimum atomic E-state index is 0.00269. The maximum absolute atomic E-state index is 12.7. The molecule has 6 heteroatoms. The van der Waals surface area contributed by atoms with Gasteiger partial charge in [-0.3, -0.25) is 0 Å². The molecule has 5 nitrogen and oxygen atoms in total. The molecule has 1 aromatic carbocycles. The number of aromatic nitrogens is 2.